The number of hydrogen-bond donors (Lipinski definition) is 2. The molecule has 0 fully saturated rings. The van der Waals surface area contributed by atoms with Crippen LogP contribution in [0, 0.1) is 5.92 Å². The number of methoxy groups -OCH3 is 1. The predicted octanol–water partition coefficient (Wildman–Crippen LogP) is 3.11. The first-order valence-electron chi connectivity index (χ1n) is 9.79. The molecule has 8 nitrogen and oxygen atoms in total. The lowest BCUT2D eigenvalue weighted by Gasteiger charge is -2.25. The topological polar surface area (TPSA) is 109 Å². The summed E-state index contributed by atoms with van der Waals surface area (Å²) in [6.07, 6.45) is 0. The molecule has 2 amide bonds. The van der Waals surface area contributed by atoms with Crippen LogP contribution in [0.25, 0.3) is 0 Å². The van der Waals surface area contributed by atoms with E-state index in [2.05, 4.69) is 5.32 Å². The second-order valence-electron chi connectivity index (χ2n) is 7.34. The third-order valence-corrected chi connectivity index (χ3v) is 5.01. The van der Waals surface area contributed by atoms with Crippen LogP contribution in [-0.4, -0.2) is 38.7 Å². The minimum Gasteiger partial charge on any atom is -0.493 e. The Bertz CT molecular complexity index is 979. The van der Waals surface area contributed by atoms with Crippen molar-refractivity contribution in [2.75, 3.05) is 26.9 Å². The Hall–Kier alpha value is -3.13. The summed E-state index contributed by atoms with van der Waals surface area (Å²) < 4.78 is 21.8. The van der Waals surface area contributed by atoms with Crippen LogP contribution >= 0.6 is 11.6 Å². The van der Waals surface area contributed by atoms with Gasteiger partial charge in [-0.15, -0.1) is 0 Å². The van der Waals surface area contributed by atoms with E-state index in [0.717, 1.165) is 5.56 Å². The number of nitrogens with one attached hydrogen (secondary N) is 1. The molecule has 0 radical (unpaired) electrons. The Morgan fingerprint density at radius 2 is 1.87 bits per heavy atom. The van der Waals surface area contributed by atoms with Crippen molar-refractivity contribution in [1.29, 1.82) is 0 Å². The Labute approximate surface area is 185 Å². The highest BCUT2D eigenvalue weighted by atomic mass is 35.5. The highest BCUT2D eigenvalue weighted by Crippen LogP contribution is 2.37. The largest absolute Gasteiger partial charge is 0.493 e. The maximum atomic E-state index is 13.0. The number of hydrogen-bond acceptors (Lipinski definition) is 6. The van der Waals surface area contributed by atoms with Gasteiger partial charge >= 0.3 is 0 Å². The molecule has 2 aromatic carbocycles. The maximum absolute atomic E-state index is 13.0. The van der Waals surface area contributed by atoms with Gasteiger partial charge in [0, 0.05) is 5.56 Å². The number of nitrogens with two attached hydrogens (primary N) is 1. The molecule has 31 heavy (non-hydrogen) atoms. The fourth-order valence-electron chi connectivity index (χ4n) is 3.25. The molecule has 1 aliphatic heterocycles. The minimum atomic E-state index is -0.654. The average Bonchev–Trinajstić information content (AvgIpc) is 2.75. The van der Waals surface area contributed by atoms with E-state index in [-0.39, 0.29) is 46.6 Å². The zero-order valence-electron chi connectivity index (χ0n) is 17.6. The van der Waals surface area contributed by atoms with Crippen molar-refractivity contribution in [3.63, 3.8) is 0 Å². The Balaban J connectivity index is 1.84. The molecule has 0 aliphatic carbocycles. The Morgan fingerprint density at radius 1 is 1.16 bits per heavy atom. The summed E-state index contributed by atoms with van der Waals surface area (Å²) in [5.74, 6) is 0.818. The smallest absolute Gasteiger partial charge is 0.255 e. The van der Waals surface area contributed by atoms with Crippen LogP contribution in [0.3, 0.4) is 0 Å². The monoisotopic (exact) mass is 448 g/mol. The summed E-state index contributed by atoms with van der Waals surface area (Å²) in [7, 11) is 1.41. The molecule has 2 aromatic rings. The van der Waals surface area contributed by atoms with Crippen LogP contribution in [0.2, 0.25) is 5.02 Å². The van der Waals surface area contributed by atoms with Crippen molar-refractivity contribution in [3.05, 3.63) is 46.5 Å². The zero-order valence-corrected chi connectivity index (χ0v) is 18.3. The van der Waals surface area contributed by atoms with Gasteiger partial charge in [0.25, 0.3) is 11.8 Å². The van der Waals surface area contributed by atoms with Crippen LogP contribution < -0.4 is 30.0 Å². The quantitative estimate of drug-likeness (QED) is 0.642. The highest BCUT2D eigenvalue weighted by molar-refractivity contribution is 6.32. The fraction of sp³-hybridized carbons (Fsp3) is 0.364. The maximum Gasteiger partial charge on any atom is 0.255 e. The molecular weight excluding hydrogens is 424 g/mol. The van der Waals surface area contributed by atoms with Crippen LogP contribution in [0.1, 0.15) is 35.8 Å². The van der Waals surface area contributed by atoms with Gasteiger partial charge < -0.3 is 30.0 Å². The molecule has 1 atom stereocenters. The van der Waals surface area contributed by atoms with E-state index < -0.39 is 5.91 Å². The molecule has 166 valence electrons. The zero-order chi connectivity index (χ0) is 22.5. The number of carbonyl (C=O) groups is 2. The number of fused-ring (bicyclic) bond motifs is 1. The van der Waals surface area contributed by atoms with Gasteiger partial charge in [0.05, 0.1) is 18.2 Å². The van der Waals surface area contributed by atoms with Crippen molar-refractivity contribution >= 4 is 23.4 Å². The van der Waals surface area contributed by atoms with Crippen molar-refractivity contribution in [2.45, 2.75) is 19.9 Å². The molecule has 0 aromatic heterocycles. The summed E-state index contributed by atoms with van der Waals surface area (Å²) in [4.78, 5) is 24.0. The van der Waals surface area contributed by atoms with E-state index in [0.29, 0.717) is 24.7 Å². The number of carbonyl (C=O) groups excluding carboxylic acids is 2. The minimum absolute atomic E-state index is 0.0991. The number of ether oxygens (including phenoxy) is 4. The third-order valence-electron chi connectivity index (χ3n) is 4.73. The first-order valence-corrected chi connectivity index (χ1v) is 10.2. The van der Waals surface area contributed by atoms with Gasteiger partial charge in [-0.25, -0.2) is 0 Å². The van der Waals surface area contributed by atoms with Crippen molar-refractivity contribution in [1.82, 2.24) is 5.32 Å². The molecule has 3 N–H and O–H groups in total. The van der Waals surface area contributed by atoms with E-state index in [1.807, 2.05) is 32.0 Å². The predicted molar refractivity (Wildman–Crippen MR) is 115 cm³/mol. The summed E-state index contributed by atoms with van der Waals surface area (Å²) in [5, 5.41) is 3.17. The normalized spacial score (nSPS) is 13.5. The second-order valence-corrected chi connectivity index (χ2v) is 7.75. The summed E-state index contributed by atoms with van der Waals surface area (Å²) >= 11 is 6.27. The van der Waals surface area contributed by atoms with Gasteiger partial charge in [-0.2, -0.15) is 0 Å². The van der Waals surface area contributed by atoms with Crippen molar-refractivity contribution in [3.8, 4) is 23.0 Å². The molecular formula is C22H25ClN2O6. The number of rotatable bonds is 8. The fourth-order valence-corrected chi connectivity index (χ4v) is 3.51. The van der Waals surface area contributed by atoms with Crippen molar-refractivity contribution in [2.24, 2.45) is 11.7 Å². The first kappa shape index (κ1) is 22.6. The van der Waals surface area contributed by atoms with Gasteiger partial charge in [0.2, 0.25) is 0 Å². The van der Waals surface area contributed by atoms with E-state index in [1.165, 1.54) is 19.2 Å². The van der Waals surface area contributed by atoms with Gasteiger partial charge in [-0.05, 0) is 35.7 Å². The molecule has 3 rings (SSSR count). The summed E-state index contributed by atoms with van der Waals surface area (Å²) in [5.41, 5.74) is 6.30. The molecule has 0 spiro atoms. The van der Waals surface area contributed by atoms with Crippen LogP contribution in [0.5, 0.6) is 23.0 Å². The van der Waals surface area contributed by atoms with Crippen LogP contribution in [0.15, 0.2) is 30.3 Å². The molecule has 1 heterocycles. The SMILES string of the molecule is COc1cc(C(=O)NC(c2ccc3c(c2)OCCO3)C(C)C)cc(Cl)c1OCC(N)=O. The number of benzene rings is 2. The molecule has 1 aliphatic rings. The Kier molecular flexibility index (Phi) is 7.12. The lowest BCUT2D eigenvalue weighted by atomic mass is 9.95. The molecule has 0 bridgehead atoms. The molecule has 9 heteroatoms. The van der Waals surface area contributed by atoms with Crippen molar-refractivity contribution < 1.29 is 28.5 Å². The third kappa shape index (κ3) is 5.32. The van der Waals surface area contributed by atoms with Crippen LogP contribution in [0.4, 0.5) is 0 Å². The number of amides is 2. The number of primary amides is 1. The van der Waals surface area contributed by atoms with E-state index in [4.69, 9.17) is 36.3 Å². The Morgan fingerprint density at radius 3 is 2.52 bits per heavy atom. The summed E-state index contributed by atoms with van der Waals surface area (Å²) in [6.45, 7) is 4.66. The standard InChI is InChI=1S/C22H25ClN2O6/c1-12(2)20(13-4-5-16-17(9-13)30-7-6-29-16)25-22(27)14-8-15(23)21(18(10-14)28-3)31-11-19(24)26/h4-5,8-10,12,20H,6-7,11H2,1-3H3,(H2,24,26)(H,25,27). The first-order chi connectivity index (χ1) is 14.8. The lowest BCUT2D eigenvalue weighted by Crippen LogP contribution is -2.32. The summed E-state index contributed by atoms with van der Waals surface area (Å²) in [6, 6.07) is 8.31. The van der Waals surface area contributed by atoms with E-state index in [1.54, 1.807) is 0 Å². The lowest BCUT2D eigenvalue weighted by molar-refractivity contribution is -0.119. The van der Waals surface area contributed by atoms with Gasteiger partial charge in [-0.3, -0.25) is 9.59 Å². The van der Waals surface area contributed by atoms with Gasteiger partial charge in [0.15, 0.2) is 29.6 Å². The van der Waals surface area contributed by atoms with E-state index >= 15 is 0 Å². The molecule has 0 saturated carbocycles. The average molecular weight is 449 g/mol. The second kappa shape index (κ2) is 9.78. The van der Waals surface area contributed by atoms with Gasteiger partial charge in [0.1, 0.15) is 13.2 Å². The van der Waals surface area contributed by atoms with Crippen LogP contribution in [-0.2, 0) is 4.79 Å². The molecule has 0 saturated heterocycles. The highest BCUT2D eigenvalue weighted by Gasteiger charge is 2.23. The molecule has 1 unspecified atom stereocenters. The van der Waals surface area contributed by atoms with E-state index in [9.17, 15) is 9.59 Å². The van der Waals surface area contributed by atoms with Gasteiger partial charge in [-0.1, -0.05) is 31.5 Å². The number of halogens is 1.